The highest BCUT2D eigenvalue weighted by Crippen LogP contribution is 2.28. The van der Waals surface area contributed by atoms with Gasteiger partial charge in [-0.05, 0) is 12.1 Å². The van der Waals surface area contributed by atoms with Gasteiger partial charge in [-0.1, -0.05) is 12.1 Å². The van der Waals surface area contributed by atoms with Crippen molar-refractivity contribution < 1.29 is 13.9 Å². The van der Waals surface area contributed by atoms with E-state index in [4.69, 9.17) is 9.15 Å². The minimum Gasteiger partial charge on any atom is -0.493 e. The molecule has 0 spiro atoms. The zero-order valence-corrected chi connectivity index (χ0v) is 11.8. The van der Waals surface area contributed by atoms with Gasteiger partial charge < -0.3 is 13.7 Å². The van der Waals surface area contributed by atoms with Gasteiger partial charge in [0.1, 0.15) is 0 Å². The van der Waals surface area contributed by atoms with Crippen molar-refractivity contribution in [2.45, 2.75) is 0 Å². The average Bonchev–Trinajstić information content (AvgIpc) is 3.05. The molecule has 0 N–H and O–H groups in total. The van der Waals surface area contributed by atoms with Crippen molar-refractivity contribution in [2.24, 2.45) is 12.0 Å². The monoisotopic (exact) mass is 288 g/mol. The van der Waals surface area contributed by atoms with Gasteiger partial charge in [0.15, 0.2) is 21.9 Å². The number of hydrogen-bond donors (Lipinski definition) is 0. The fourth-order valence-corrected chi connectivity index (χ4v) is 2.61. The highest BCUT2D eigenvalue weighted by molar-refractivity contribution is 7.07. The number of carbonyl (C=O) groups is 1. The van der Waals surface area contributed by atoms with E-state index in [1.54, 1.807) is 23.8 Å². The second-order valence-electron chi connectivity index (χ2n) is 4.20. The molecule has 20 heavy (non-hydrogen) atoms. The molecule has 1 amide bonds. The van der Waals surface area contributed by atoms with Crippen LogP contribution < -0.4 is 9.54 Å². The third-order valence-corrected chi connectivity index (χ3v) is 3.74. The first kappa shape index (κ1) is 12.7. The van der Waals surface area contributed by atoms with Gasteiger partial charge in [0, 0.05) is 24.0 Å². The summed E-state index contributed by atoms with van der Waals surface area (Å²) in [5, 5.41) is 2.69. The van der Waals surface area contributed by atoms with Crippen molar-refractivity contribution >= 4 is 28.2 Å². The molecule has 2 aromatic heterocycles. The number of hydrogen-bond acceptors (Lipinski definition) is 4. The van der Waals surface area contributed by atoms with Crippen LogP contribution in [0.4, 0.5) is 0 Å². The van der Waals surface area contributed by atoms with Crippen molar-refractivity contribution in [3.05, 3.63) is 46.4 Å². The number of fused-ring (bicyclic) bond motifs is 1. The predicted molar refractivity (Wildman–Crippen MR) is 75.9 cm³/mol. The highest BCUT2D eigenvalue weighted by Gasteiger charge is 2.14. The lowest BCUT2D eigenvalue weighted by Crippen LogP contribution is -2.12. The Morgan fingerprint density at radius 2 is 2.30 bits per heavy atom. The number of para-hydroxylation sites is 1. The number of aryl methyl sites for hydroxylation is 1. The molecule has 3 aromatic rings. The maximum atomic E-state index is 12.1. The number of rotatable bonds is 2. The first-order valence-electron chi connectivity index (χ1n) is 5.95. The first-order chi connectivity index (χ1) is 9.69. The minimum atomic E-state index is -0.402. The molecular weight excluding hydrogens is 276 g/mol. The van der Waals surface area contributed by atoms with Crippen LogP contribution in [0.3, 0.4) is 0 Å². The molecule has 102 valence electrons. The molecule has 0 fully saturated rings. The summed E-state index contributed by atoms with van der Waals surface area (Å²) in [5.41, 5.74) is 0.559. The van der Waals surface area contributed by atoms with Crippen LogP contribution in [-0.4, -0.2) is 17.6 Å². The van der Waals surface area contributed by atoms with E-state index in [2.05, 4.69) is 4.99 Å². The Morgan fingerprint density at radius 3 is 3.00 bits per heavy atom. The predicted octanol–water partition coefficient (Wildman–Crippen LogP) is 2.58. The molecule has 0 radical (unpaired) electrons. The van der Waals surface area contributed by atoms with Gasteiger partial charge in [0.25, 0.3) is 0 Å². The summed E-state index contributed by atoms with van der Waals surface area (Å²) in [6, 6.07) is 7.18. The molecule has 1 aromatic carbocycles. The van der Waals surface area contributed by atoms with Crippen LogP contribution in [0.15, 0.2) is 45.3 Å². The molecule has 0 saturated heterocycles. The van der Waals surface area contributed by atoms with Crippen molar-refractivity contribution in [3.8, 4) is 5.75 Å². The van der Waals surface area contributed by atoms with Gasteiger partial charge in [-0.15, -0.1) is 11.3 Å². The smallest absolute Gasteiger partial charge is 0.315 e. The van der Waals surface area contributed by atoms with Crippen LogP contribution in [0.25, 0.3) is 11.0 Å². The van der Waals surface area contributed by atoms with Crippen LogP contribution in [0.5, 0.6) is 5.75 Å². The van der Waals surface area contributed by atoms with Crippen molar-refractivity contribution in [1.82, 2.24) is 4.57 Å². The van der Waals surface area contributed by atoms with E-state index in [1.165, 1.54) is 11.3 Å². The number of amides is 1. The Balaban J connectivity index is 2.07. The summed E-state index contributed by atoms with van der Waals surface area (Å²) in [6.45, 7) is 0. The van der Waals surface area contributed by atoms with Crippen LogP contribution in [0.2, 0.25) is 0 Å². The molecule has 0 aliphatic heterocycles. The SMILES string of the molecule is COc1cccc2cc(C(=O)N=c3sccn3C)oc12. The third kappa shape index (κ3) is 2.14. The number of ether oxygens (including phenoxy) is 1. The van der Waals surface area contributed by atoms with Crippen molar-refractivity contribution in [1.29, 1.82) is 0 Å². The van der Waals surface area contributed by atoms with E-state index in [9.17, 15) is 4.79 Å². The van der Waals surface area contributed by atoms with E-state index in [1.807, 2.05) is 30.8 Å². The molecular formula is C14H12N2O3S. The molecule has 0 atom stereocenters. The maximum absolute atomic E-state index is 12.1. The molecule has 3 rings (SSSR count). The summed E-state index contributed by atoms with van der Waals surface area (Å²) in [6.07, 6.45) is 1.85. The second kappa shape index (κ2) is 4.97. The molecule has 0 saturated carbocycles. The Morgan fingerprint density at radius 1 is 1.45 bits per heavy atom. The van der Waals surface area contributed by atoms with Crippen LogP contribution in [-0.2, 0) is 7.05 Å². The summed E-state index contributed by atoms with van der Waals surface area (Å²) >= 11 is 1.40. The summed E-state index contributed by atoms with van der Waals surface area (Å²) in [5.74, 6) is 0.405. The van der Waals surface area contributed by atoms with Gasteiger partial charge in [-0.25, -0.2) is 0 Å². The zero-order valence-electron chi connectivity index (χ0n) is 11.0. The number of furan rings is 1. The van der Waals surface area contributed by atoms with Gasteiger partial charge in [-0.2, -0.15) is 4.99 Å². The van der Waals surface area contributed by atoms with E-state index in [-0.39, 0.29) is 5.76 Å². The van der Waals surface area contributed by atoms with Gasteiger partial charge >= 0.3 is 5.91 Å². The number of aromatic nitrogens is 1. The maximum Gasteiger partial charge on any atom is 0.315 e. The lowest BCUT2D eigenvalue weighted by molar-refractivity contribution is 0.0973. The number of thiazole rings is 1. The normalized spacial score (nSPS) is 12.0. The quantitative estimate of drug-likeness (QED) is 0.728. The molecule has 0 aliphatic carbocycles. The Kier molecular flexibility index (Phi) is 3.15. The van der Waals surface area contributed by atoms with E-state index < -0.39 is 5.91 Å². The molecule has 5 nitrogen and oxygen atoms in total. The molecule has 0 unspecified atom stereocenters. The van der Waals surface area contributed by atoms with E-state index in [0.717, 1.165) is 5.39 Å². The van der Waals surface area contributed by atoms with Crippen LogP contribution in [0.1, 0.15) is 10.6 Å². The topological polar surface area (TPSA) is 56.7 Å². The lowest BCUT2D eigenvalue weighted by Gasteiger charge is -1.98. The molecule has 2 heterocycles. The standard InChI is InChI=1S/C14H12N2O3S/c1-16-6-7-20-14(16)15-13(17)11-8-9-4-3-5-10(18-2)12(9)19-11/h3-8H,1-2H3. The largest absolute Gasteiger partial charge is 0.493 e. The van der Waals surface area contributed by atoms with E-state index >= 15 is 0 Å². The Hall–Kier alpha value is -2.34. The average molecular weight is 288 g/mol. The summed E-state index contributed by atoms with van der Waals surface area (Å²) < 4.78 is 12.6. The Labute approximate surface area is 118 Å². The van der Waals surface area contributed by atoms with Gasteiger partial charge in [0.05, 0.1) is 7.11 Å². The number of methoxy groups -OCH3 is 1. The second-order valence-corrected chi connectivity index (χ2v) is 5.08. The van der Waals surface area contributed by atoms with Gasteiger partial charge in [0.2, 0.25) is 0 Å². The lowest BCUT2D eigenvalue weighted by atomic mass is 10.2. The van der Waals surface area contributed by atoms with Crippen LogP contribution >= 0.6 is 11.3 Å². The number of benzene rings is 1. The minimum absolute atomic E-state index is 0.206. The summed E-state index contributed by atoms with van der Waals surface area (Å²) in [4.78, 5) is 16.8. The summed E-state index contributed by atoms with van der Waals surface area (Å²) in [7, 11) is 3.40. The van der Waals surface area contributed by atoms with Crippen molar-refractivity contribution in [3.63, 3.8) is 0 Å². The number of carbonyl (C=O) groups excluding carboxylic acids is 1. The fraction of sp³-hybridized carbons (Fsp3) is 0.143. The van der Waals surface area contributed by atoms with Gasteiger partial charge in [-0.3, -0.25) is 4.79 Å². The molecule has 0 bridgehead atoms. The van der Waals surface area contributed by atoms with E-state index in [0.29, 0.717) is 16.1 Å². The fourth-order valence-electron chi connectivity index (χ4n) is 1.88. The van der Waals surface area contributed by atoms with Crippen LogP contribution in [0, 0.1) is 0 Å². The Bertz CT molecular complexity index is 841. The highest BCUT2D eigenvalue weighted by atomic mass is 32.1. The zero-order chi connectivity index (χ0) is 14.1. The third-order valence-electron chi connectivity index (χ3n) is 2.90. The molecule has 0 aliphatic rings. The first-order valence-corrected chi connectivity index (χ1v) is 6.83. The van der Waals surface area contributed by atoms with Crippen molar-refractivity contribution in [2.75, 3.05) is 7.11 Å². The number of nitrogens with zero attached hydrogens (tertiary/aromatic N) is 2. The molecule has 6 heteroatoms.